The summed E-state index contributed by atoms with van der Waals surface area (Å²) in [6.07, 6.45) is 0.458. The molecule has 0 heterocycles. The molecule has 0 unspecified atom stereocenters. The third-order valence-corrected chi connectivity index (χ3v) is 1.96. The van der Waals surface area contributed by atoms with Crippen LogP contribution in [0, 0.1) is 10.1 Å². The zero-order valence-corrected chi connectivity index (χ0v) is 8.51. The van der Waals surface area contributed by atoms with Crippen molar-refractivity contribution >= 4 is 17.3 Å². The number of nitrogens with one attached hydrogen (secondary N) is 1. The van der Waals surface area contributed by atoms with Crippen molar-refractivity contribution in [2.24, 2.45) is 0 Å². The van der Waals surface area contributed by atoms with Crippen LogP contribution >= 0.6 is 0 Å². The summed E-state index contributed by atoms with van der Waals surface area (Å²) in [6, 6.07) is 5.94. The van der Waals surface area contributed by atoms with E-state index < -0.39 is 10.9 Å². The minimum absolute atomic E-state index is 0.0000185. The van der Waals surface area contributed by atoms with E-state index in [0.717, 1.165) is 5.69 Å². The van der Waals surface area contributed by atoms with Gasteiger partial charge in [-0.25, -0.2) is 0 Å². The summed E-state index contributed by atoms with van der Waals surface area (Å²) < 4.78 is 0. The van der Waals surface area contributed by atoms with Crippen molar-refractivity contribution < 1.29 is 14.8 Å². The van der Waals surface area contributed by atoms with E-state index in [4.69, 9.17) is 0 Å². The first-order chi connectivity index (χ1) is 7.59. The number of carbonyl (C=O) groups is 1. The van der Waals surface area contributed by atoms with Crippen molar-refractivity contribution in [2.45, 2.75) is 12.8 Å². The van der Waals surface area contributed by atoms with Gasteiger partial charge in [-0.05, 0) is 25.0 Å². The van der Waals surface area contributed by atoms with Crippen molar-refractivity contribution in [2.75, 3.05) is 11.9 Å². The van der Waals surface area contributed by atoms with Crippen molar-refractivity contribution in [1.29, 1.82) is 0 Å². The molecule has 16 heavy (non-hydrogen) atoms. The molecule has 0 saturated heterocycles. The Morgan fingerprint density at radius 3 is 2.44 bits per heavy atom. The number of benzene rings is 1. The molecule has 86 valence electrons. The zero-order chi connectivity index (χ0) is 12.0. The summed E-state index contributed by atoms with van der Waals surface area (Å²) in [5.74, 6) is -1.08. The summed E-state index contributed by atoms with van der Waals surface area (Å²) in [6.45, 7) is 0.492. The largest absolute Gasteiger partial charge is 0.550 e. The third-order valence-electron chi connectivity index (χ3n) is 1.96. The Kier molecular flexibility index (Phi) is 4.26. The number of rotatable bonds is 6. The van der Waals surface area contributed by atoms with Gasteiger partial charge in [0.05, 0.1) is 4.92 Å². The van der Waals surface area contributed by atoms with Crippen LogP contribution in [0.3, 0.4) is 0 Å². The van der Waals surface area contributed by atoms with Crippen molar-refractivity contribution in [3.8, 4) is 0 Å². The molecule has 6 nitrogen and oxygen atoms in total. The maximum atomic E-state index is 10.4. The lowest BCUT2D eigenvalue weighted by Crippen LogP contribution is -2.22. The number of carboxylic acid groups (broad SMARTS) is 1. The fourth-order valence-electron chi connectivity index (χ4n) is 1.17. The maximum absolute atomic E-state index is 10.4. The molecular weight excluding hydrogens is 212 g/mol. The fraction of sp³-hybridized carbons (Fsp3) is 0.300. The number of nitrogens with zero attached hydrogens (tertiary/aromatic N) is 1. The average molecular weight is 223 g/mol. The van der Waals surface area contributed by atoms with Gasteiger partial charge >= 0.3 is 0 Å². The number of aliphatic carboxylic acids is 1. The van der Waals surface area contributed by atoms with E-state index in [0.29, 0.717) is 13.0 Å². The highest BCUT2D eigenvalue weighted by Crippen LogP contribution is 2.15. The molecule has 0 fully saturated rings. The van der Waals surface area contributed by atoms with Crippen molar-refractivity contribution in [3.05, 3.63) is 34.4 Å². The molecule has 0 aliphatic rings. The second-order valence-corrected chi connectivity index (χ2v) is 3.21. The quantitative estimate of drug-likeness (QED) is 0.431. The second-order valence-electron chi connectivity index (χ2n) is 3.21. The number of non-ortho nitro benzene ring substituents is 1. The molecule has 0 aliphatic heterocycles. The van der Waals surface area contributed by atoms with Crippen LogP contribution in [0.4, 0.5) is 11.4 Å². The van der Waals surface area contributed by atoms with Gasteiger partial charge in [0.15, 0.2) is 0 Å². The van der Waals surface area contributed by atoms with E-state index in [9.17, 15) is 20.0 Å². The SMILES string of the molecule is O=C([O-])CCCNc1ccc([N+](=O)[O-])cc1. The summed E-state index contributed by atoms with van der Waals surface area (Å²) in [5.41, 5.74) is 0.754. The molecule has 1 N–H and O–H groups in total. The lowest BCUT2D eigenvalue weighted by Gasteiger charge is -2.06. The molecule has 0 spiro atoms. The van der Waals surface area contributed by atoms with Crippen LogP contribution in [-0.2, 0) is 4.79 Å². The summed E-state index contributed by atoms with van der Waals surface area (Å²) in [4.78, 5) is 20.0. The van der Waals surface area contributed by atoms with E-state index in [-0.39, 0.29) is 12.1 Å². The Morgan fingerprint density at radius 1 is 1.31 bits per heavy atom. The van der Waals surface area contributed by atoms with Gasteiger partial charge in [-0.15, -0.1) is 0 Å². The molecule has 1 rings (SSSR count). The fourth-order valence-corrected chi connectivity index (χ4v) is 1.17. The van der Waals surface area contributed by atoms with Crippen LogP contribution in [0.5, 0.6) is 0 Å². The van der Waals surface area contributed by atoms with E-state index in [1.165, 1.54) is 12.1 Å². The Hall–Kier alpha value is -2.11. The van der Waals surface area contributed by atoms with Crippen LogP contribution in [0.1, 0.15) is 12.8 Å². The molecule has 1 aromatic carbocycles. The Balaban J connectivity index is 2.38. The summed E-state index contributed by atoms with van der Waals surface area (Å²) >= 11 is 0. The van der Waals surface area contributed by atoms with Gasteiger partial charge in [0.25, 0.3) is 5.69 Å². The smallest absolute Gasteiger partial charge is 0.269 e. The van der Waals surface area contributed by atoms with Gasteiger partial charge in [0.1, 0.15) is 0 Å². The number of nitro groups is 1. The zero-order valence-electron chi connectivity index (χ0n) is 8.51. The normalized spacial score (nSPS) is 9.75. The lowest BCUT2D eigenvalue weighted by molar-refractivity contribution is -0.384. The van der Waals surface area contributed by atoms with Crippen molar-refractivity contribution in [1.82, 2.24) is 0 Å². The van der Waals surface area contributed by atoms with Gasteiger partial charge in [-0.3, -0.25) is 10.1 Å². The van der Waals surface area contributed by atoms with Gasteiger partial charge in [0, 0.05) is 30.3 Å². The number of hydrogen-bond donors (Lipinski definition) is 1. The molecule has 0 atom stereocenters. The Morgan fingerprint density at radius 2 is 1.94 bits per heavy atom. The molecule has 0 aromatic heterocycles. The Bertz CT molecular complexity index is 375. The van der Waals surface area contributed by atoms with Crippen LogP contribution < -0.4 is 10.4 Å². The van der Waals surface area contributed by atoms with E-state index >= 15 is 0 Å². The number of nitro benzene ring substituents is 1. The monoisotopic (exact) mass is 223 g/mol. The molecule has 1 aromatic rings. The van der Waals surface area contributed by atoms with Gasteiger partial charge in [-0.1, -0.05) is 0 Å². The maximum Gasteiger partial charge on any atom is 0.269 e. The average Bonchev–Trinajstić information content (AvgIpc) is 2.25. The Labute approximate surface area is 92.0 Å². The minimum atomic E-state index is -1.08. The van der Waals surface area contributed by atoms with Crippen LogP contribution in [0.2, 0.25) is 0 Å². The highest BCUT2D eigenvalue weighted by Gasteiger charge is 2.02. The van der Waals surface area contributed by atoms with Crippen LogP contribution in [0.15, 0.2) is 24.3 Å². The number of hydrogen-bond acceptors (Lipinski definition) is 5. The first-order valence-electron chi connectivity index (χ1n) is 4.78. The first kappa shape index (κ1) is 12.0. The molecule has 0 bridgehead atoms. The summed E-state index contributed by atoms with van der Waals surface area (Å²) in [5, 5.41) is 23.4. The van der Waals surface area contributed by atoms with E-state index in [1.807, 2.05) is 0 Å². The van der Waals surface area contributed by atoms with Gasteiger partial charge in [-0.2, -0.15) is 0 Å². The number of carboxylic acids is 1. The van der Waals surface area contributed by atoms with Crippen LogP contribution in [0.25, 0.3) is 0 Å². The molecule has 0 saturated carbocycles. The predicted octanol–water partition coefficient (Wildman–Crippen LogP) is 0.537. The molecular formula is C10H11N2O4-. The van der Waals surface area contributed by atoms with E-state index in [1.54, 1.807) is 12.1 Å². The predicted molar refractivity (Wildman–Crippen MR) is 55.8 cm³/mol. The van der Waals surface area contributed by atoms with Gasteiger partial charge in [0.2, 0.25) is 0 Å². The first-order valence-corrected chi connectivity index (χ1v) is 4.78. The minimum Gasteiger partial charge on any atom is -0.550 e. The lowest BCUT2D eigenvalue weighted by atomic mass is 10.2. The highest BCUT2D eigenvalue weighted by molar-refractivity contribution is 5.64. The molecule has 6 heteroatoms. The second kappa shape index (κ2) is 5.69. The molecule has 0 radical (unpaired) electrons. The standard InChI is InChI=1S/C10H12N2O4/c13-10(14)2-1-7-11-8-3-5-9(6-4-8)12(15)16/h3-6,11H,1-2,7H2,(H,13,14)/p-1. The number of anilines is 1. The summed E-state index contributed by atoms with van der Waals surface area (Å²) in [7, 11) is 0. The molecule has 0 amide bonds. The topological polar surface area (TPSA) is 95.3 Å². The van der Waals surface area contributed by atoms with Gasteiger partial charge < -0.3 is 15.2 Å². The van der Waals surface area contributed by atoms with E-state index in [2.05, 4.69) is 5.32 Å². The molecule has 0 aliphatic carbocycles. The highest BCUT2D eigenvalue weighted by atomic mass is 16.6. The van der Waals surface area contributed by atoms with Crippen LogP contribution in [-0.4, -0.2) is 17.4 Å². The third kappa shape index (κ3) is 3.95. The van der Waals surface area contributed by atoms with Crippen molar-refractivity contribution in [3.63, 3.8) is 0 Å². The number of carbonyl (C=O) groups excluding carboxylic acids is 1.